The summed E-state index contributed by atoms with van der Waals surface area (Å²) in [7, 11) is 0. The van der Waals surface area contributed by atoms with E-state index in [-0.39, 0.29) is 18.4 Å². The Labute approximate surface area is 119 Å². The number of anilines is 1. The molecular formula is C14H13F3N2O2. The Morgan fingerprint density at radius 3 is 2.38 bits per heavy atom. The number of hydrogen-bond acceptors (Lipinski definition) is 2. The fourth-order valence-corrected chi connectivity index (χ4v) is 2.85. The van der Waals surface area contributed by atoms with Crippen LogP contribution in [0.25, 0.3) is 0 Å². The molecule has 0 N–H and O–H groups in total. The maximum atomic E-state index is 12.5. The Morgan fingerprint density at radius 1 is 1.10 bits per heavy atom. The van der Waals surface area contributed by atoms with Gasteiger partial charge in [-0.05, 0) is 37.1 Å². The molecule has 0 saturated carbocycles. The van der Waals surface area contributed by atoms with Gasteiger partial charge in [0.2, 0.25) is 11.8 Å². The van der Waals surface area contributed by atoms with E-state index in [1.165, 1.54) is 17.0 Å². The van der Waals surface area contributed by atoms with Crippen LogP contribution in [0.3, 0.4) is 0 Å². The predicted molar refractivity (Wildman–Crippen MR) is 68.5 cm³/mol. The largest absolute Gasteiger partial charge is 0.416 e. The van der Waals surface area contributed by atoms with Crippen molar-refractivity contribution >= 4 is 17.5 Å². The smallest absolute Gasteiger partial charge is 0.329 e. The molecule has 2 aliphatic heterocycles. The maximum absolute atomic E-state index is 12.5. The summed E-state index contributed by atoms with van der Waals surface area (Å²) < 4.78 is 37.6. The summed E-state index contributed by atoms with van der Waals surface area (Å²) in [4.78, 5) is 27.2. The highest BCUT2D eigenvalue weighted by molar-refractivity contribution is 6.06. The van der Waals surface area contributed by atoms with Gasteiger partial charge in [0.25, 0.3) is 0 Å². The second-order valence-corrected chi connectivity index (χ2v) is 5.21. The molecule has 2 fully saturated rings. The number of fused-ring (bicyclic) bond motifs is 1. The Bertz CT molecular complexity index is 583. The van der Waals surface area contributed by atoms with Crippen LogP contribution in [0.15, 0.2) is 24.3 Å². The van der Waals surface area contributed by atoms with Crippen LogP contribution in [0.1, 0.15) is 18.4 Å². The van der Waals surface area contributed by atoms with Crippen LogP contribution in [-0.2, 0) is 15.8 Å². The van der Waals surface area contributed by atoms with Gasteiger partial charge in [-0.1, -0.05) is 0 Å². The minimum Gasteiger partial charge on any atom is -0.329 e. The van der Waals surface area contributed by atoms with Gasteiger partial charge in [0.05, 0.1) is 5.56 Å². The van der Waals surface area contributed by atoms with Crippen LogP contribution in [0.5, 0.6) is 0 Å². The summed E-state index contributed by atoms with van der Waals surface area (Å²) >= 11 is 0. The van der Waals surface area contributed by atoms with Crippen molar-refractivity contribution in [2.24, 2.45) is 0 Å². The first-order valence-corrected chi connectivity index (χ1v) is 6.66. The van der Waals surface area contributed by atoms with E-state index >= 15 is 0 Å². The second kappa shape index (κ2) is 4.75. The quantitative estimate of drug-likeness (QED) is 0.796. The molecule has 0 aromatic heterocycles. The number of nitrogens with zero attached hydrogens (tertiary/aromatic N) is 2. The Morgan fingerprint density at radius 2 is 1.76 bits per heavy atom. The van der Waals surface area contributed by atoms with Crippen molar-refractivity contribution in [3.05, 3.63) is 29.8 Å². The van der Waals surface area contributed by atoms with E-state index < -0.39 is 17.8 Å². The number of hydrogen-bond donors (Lipinski definition) is 0. The third-order valence-electron chi connectivity index (χ3n) is 3.92. The number of halogens is 3. The van der Waals surface area contributed by atoms with Crippen LogP contribution in [-0.4, -0.2) is 35.8 Å². The molecular weight excluding hydrogens is 285 g/mol. The molecule has 0 aliphatic carbocycles. The first kappa shape index (κ1) is 13.9. The standard InChI is InChI=1S/C14H13F3N2O2/c15-14(16,17)9-3-5-10(6-4-9)19-8-12(20)18-7-1-2-11(18)13(19)21/h3-6,11H,1-2,7-8H2. The zero-order chi connectivity index (χ0) is 15.2. The summed E-state index contributed by atoms with van der Waals surface area (Å²) in [6.45, 7) is 0.469. The van der Waals surface area contributed by atoms with Crippen molar-refractivity contribution in [3.8, 4) is 0 Å². The predicted octanol–water partition coefficient (Wildman–Crippen LogP) is 2.04. The van der Waals surface area contributed by atoms with Crippen LogP contribution < -0.4 is 4.90 Å². The van der Waals surface area contributed by atoms with Gasteiger partial charge in [0.1, 0.15) is 12.6 Å². The highest BCUT2D eigenvalue weighted by Gasteiger charge is 2.42. The molecule has 0 spiro atoms. The number of carbonyl (C=O) groups is 2. The SMILES string of the molecule is O=C1C2CCCN2C(=O)CN1c1ccc(C(F)(F)F)cc1. The number of benzene rings is 1. The third-order valence-corrected chi connectivity index (χ3v) is 3.92. The molecule has 0 radical (unpaired) electrons. The zero-order valence-corrected chi connectivity index (χ0v) is 11.1. The summed E-state index contributed by atoms with van der Waals surface area (Å²) in [5.74, 6) is -0.371. The molecule has 112 valence electrons. The van der Waals surface area contributed by atoms with E-state index in [0.717, 1.165) is 18.6 Å². The van der Waals surface area contributed by atoms with Gasteiger partial charge in [0.15, 0.2) is 0 Å². The second-order valence-electron chi connectivity index (χ2n) is 5.21. The molecule has 3 rings (SSSR count). The number of alkyl halides is 3. The van der Waals surface area contributed by atoms with Crippen LogP contribution in [0, 0.1) is 0 Å². The first-order chi connectivity index (χ1) is 9.88. The highest BCUT2D eigenvalue weighted by Crippen LogP contribution is 2.32. The van der Waals surface area contributed by atoms with E-state index in [9.17, 15) is 22.8 Å². The zero-order valence-electron chi connectivity index (χ0n) is 11.1. The summed E-state index contributed by atoms with van der Waals surface area (Å²) in [6, 6.07) is 3.85. The average molecular weight is 298 g/mol. The first-order valence-electron chi connectivity index (χ1n) is 6.66. The van der Waals surface area contributed by atoms with E-state index in [2.05, 4.69) is 0 Å². The molecule has 0 bridgehead atoms. The van der Waals surface area contributed by atoms with E-state index in [4.69, 9.17) is 0 Å². The molecule has 4 nitrogen and oxygen atoms in total. The van der Waals surface area contributed by atoms with Gasteiger partial charge in [-0.25, -0.2) is 0 Å². The summed E-state index contributed by atoms with van der Waals surface area (Å²) in [5.41, 5.74) is -0.447. The molecule has 1 aromatic rings. The highest BCUT2D eigenvalue weighted by atomic mass is 19.4. The summed E-state index contributed by atoms with van der Waals surface area (Å²) in [5, 5.41) is 0. The van der Waals surface area contributed by atoms with Gasteiger partial charge < -0.3 is 9.80 Å². The normalized spacial score (nSPS) is 22.7. The van der Waals surface area contributed by atoms with E-state index in [0.29, 0.717) is 18.7 Å². The minimum atomic E-state index is -4.41. The van der Waals surface area contributed by atoms with Crippen molar-refractivity contribution in [3.63, 3.8) is 0 Å². The van der Waals surface area contributed by atoms with E-state index in [1.807, 2.05) is 0 Å². The third kappa shape index (κ3) is 2.36. The fraction of sp³-hybridized carbons (Fsp3) is 0.429. The molecule has 2 heterocycles. The van der Waals surface area contributed by atoms with Gasteiger partial charge in [-0.15, -0.1) is 0 Å². The lowest BCUT2D eigenvalue weighted by molar-refractivity contribution is -0.140. The van der Waals surface area contributed by atoms with Crippen molar-refractivity contribution in [1.82, 2.24) is 4.90 Å². The van der Waals surface area contributed by atoms with Gasteiger partial charge in [-0.3, -0.25) is 9.59 Å². The van der Waals surface area contributed by atoms with Crippen LogP contribution >= 0.6 is 0 Å². The molecule has 1 unspecified atom stereocenters. The lowest BCUT2D eigenvalue weighted by Crippen LogP contribution is -2.57. The Kier molecular flexibility index (Phi) is 3.15. The van der Waals surface area contributed by atoms with E-state index in [1.54, 1.807) is 4.90 Å². The van der Waals surface area contributed by atoms with Crippen LogP contribution in [0.2, 0.25) is 0 Å². The number of carbonyl (C=O) groups excluding carboxylic acids is 2. The molecule has 1 aromatic carbocycles. The monoisotopic (exact) mass is 298 g/mol. The van der Waals surface area contributed by atoms with Crippen molar-refractivity contribution in [2.75, 3.05) is 18.0 Å². The lowest BCUT2D eigenvalue weighted by atomic mass is 10.1. The van der Waals surface area contributed by atoms with Crippen molar-refractivity contribution in [1.29, 1.82) is 0 Å². The Hall–Kier alpha value is -2.05. The molecule has 2 aliphatic rings. The molecule has 2 amide bonds. The topological polar surface area (TPSA) is 40.6 Å². The Balaban J connectivity index is 1.86. The summed E-state index contributed by atoms with van der Waals surface area (Å²) in [6.07, 6.45) is -3.02. The molecule has 2 saturated heterocycles. The van der Waals surface area contributed by atoms with Gasteiger partial charge in [0, 0.05) is 12.2 Å². The molecule has 21 heavy (non-hydrogen) atoms. The van der Waals surface area contributed by atoms with Crippen molar-refractivity contribution < 1.29 is 22.8 Å². The maximum Gasteiger partial charge on any atom is 0.416 e. The van der Waals surface area contributed by atoms with Gasteiger partial charge in [-0.2, -0.15) is 13.2 Å². The fourth-order valence-electron chi connectivity index (χ4n) is 2.85. The average Bonchev–Trinajstić information content (AvgIpc) is 2.92. The number of piperazine rings is 1. The number of rotatable bonds is 1. The number of amides is 2. The van der Waals surface area contributed by atoms with Gasteiger partial charge >= 0.3 is 6.18 Å². The van der Waals surface area contributed by atoms with Crippen LogP contribution in [0.4, 0.5) is 18.9 Å². The lowest BCUT2D eigenvalue weighted by Gasteiger charge is -2.36. The molecule has 1 atom stereocenters. The van der Waals surface area contributed by atoms with Crippen molar-refractivity contribution in [2.45, 2.75) is 25.1 Å². The minimum absolute atomic E-state index is 0.110. The molecule has 7 heteroatoms.